The van der Waals surface area contributed by atoms with Crippen molar-refractivity contribution in [3.63, 3.8) is 0 Å². The third-order valence-electron chi connectivity index (χ3n) is 3.72. The van der Waals surface area contributed by atoms with Gasteiger partial charge in [0, 0.05) is 6.04 Å². The van der Waals surface area contributed by atoms with Gasteiger partial charge in [0.1, 0.15) is 17.2 Å². The van der Waals surface area contributed by atoms with Gasteiger partial charge in [0.25, 0.3) is 0 Å². The van der Waals surface area contributed by atoms with Crippen LogP contribution in [0.15, 0.2) is 0 Å². The van der Waals surface area contributed by atoms with Crippen molar-refractivity contribution in [2.45, 2.75) is 64.6 Å². The number of carbonyl (C=O) groups is 1. The maximum Gasteiger partial charge on any atom is 0.323 e. The summed E-state index contributed by atoms with van der Waals surface area (Å²) in [5.41, 5.74) is -0.828. The molecule has 0 amide bonds. The van der Waals surface area contributed by atoms with E-state index in [1.165, 1.54) is 0 Å². The lowest BCUT2D eigenvalue weighted by Crippen LogP contribution is -2.53. The topological polar surface area (TPSA) is 80.0 Å². The highest BCUT2D eigenvalue weighted by molar-refractivity contribution is 5.79. The second-order valence-electron chi connectivity index (χ2n) is 5.73. The molecule has 2 atom stereocenters. The number of carboxylic acids is 1. The average Bonchev–Trinajstić information content (AvgIpc) is 2.82. The number of rotatable bonds is 4. The molecule has 1 heterocycles. The van der Waals surface area contributed by atoms with Crippen molar-refractivity contribution in [1.82, 2.24) is 20.1 Å². The first kappa shape index (κ1) is 14.0. The van der Waals surface area contributed by atoms with E-state index >= 15 is 0 Å². The van der Waals surface area contributed by atoms with Crippen LogP contribution in [-0.4, -0.2) is 37.4 Å². The fraction of sp³-hybridized carbons (Fsp3) is 0.769. The molecule has 0 radical (unpaired) electrons. The van der Waals surface area contributed by atoms with E-state index in [-0.39, 0.29) is 12.1 Å². The first-order chi connectivity index (χ1) is 8.84. The van der Waals surface area contributed by atoms with Crippen LogP contribution >= 0.6 is 0 Å². The molecule has 2 N–H and O–H groups in total. The van der Waals surface area contributed by atoms with Crippen LogP contribution in [0.1, 0.15) is 50.8 Å². The van der Waals surface area contributed by atoms with Crippen LogP contribution in [0.4, 0.5) is 0 Å². The smallest absolute Gasteiger partial charge is 0.323 e. The summed E-state index contributed by atoms with van der Waals surface area (Å²) in [5, 5.41) is 17.1. The molecule has 2 rings (SSSR count). The first-order valence-corrected chi connectivity index (χ1v) is 6.75. The fourth-order valence-corrected chi connectivity index (χ4v) is 3.05. The number of hydrogen-bond donors (Lipinski definition) is 2. The van der Waals surface area contributed by atoms with Gasteiger partial charge >= 0.3 is 5.97 Å². The van der Waals surface area contributed by atoms with Gasteiger partial charge in [-0.15, -0.1) is 0 Å². The molecule has 106 valence electrons. The minimum Gasteiger partial charge on any atom is -0.480 e. The van der Waals surface area contributed by atoms with E-state index < -0.39 is 11.5 Å². The van der Waals surface area contributed by atoms with Crippen molar-refractivity contribution in [2.24, 2.45) is 0 Å². The SMILES string of the molecule is Cc1nc(C)n(C2CCC(NC(C)C)(C(=O)O)C2)n1. The van der Waals surface area contributed by atoms with Gasteiger partial charge in [-0.1, -0.05) is 0 Å². The molecule has 1 aliphatic carbocycles. The summed E-state index contributed by atoms with van der Waals surface area (Å²) in [4.78, 5) is 15.9. The molecule has 1 aliphatic rings. The Bertz CT molecular complexity index is 483. The van der Waals surface area contributed by atoms with E-state index in [0.29, 0.717) is 12.8 Å². The summed E-state index contributed by atoms with van der Waals surface area (Å²) in [6.45, 7) is 7.72. The molecule has 1 fully saturated rings. The third-order valence-corrected chi connectivity index (χ3v) is 3.72. The Balaban J connectivity index is 2.21. The maximum atomic E-state index is 11.6. The number of nitrogens with one attached hydrogen (secondary N) is 1. The largest absolute Gasteiger partial charge is 0.480 e. The molecule has 0 saturated heterocycles. The van der Waals surface area contributed by atoms with Crippen LogP contribution in [0.2, 0.25) is 0 Å². The molecule has 2 unspecified atom stereocenters. The van der Waals surface area contributed by atoms with Crippen molar-refractivity contribution in [3.8, 4) is 0 Å². The van der Waals surface area contributed by atoms with E-state index in [0.717, 1.165) is 18.1 Å². The normalized spacial score (nSPS) is 27.1. The van der Waals surface area contributed by atoms with Gasteiger partial charge in [0.05, 0.1) is 6.04 Å². The van der Waals surface area contributed by atoms with E-state index in [1.807, 2.05) is 32.4 Å². The zero-order chi connectivity index (χ0) is 14.2. The molecule has 0 bridgehead atoms. The monoisotopic (exact) mass is 266 g/mol. The number of aryl methyl sites for hydroxylation is 2. The lowest BCUT2D eigenvalue weighted by molar-refractivity contribution is -0.145. The summed E-state index contributed by atoms with van der Waals surface area (Å²) in [5.74, 6) is 0.827. The number of aliphatic carboxylic acids is 1. The first-order valence-electron chi connectivity index (χ1n) is 6.75. The zero-order valence-electron chi connectivity index (χ0n) is 12.0. The summed E-state index contributed by atoms with van der Waals surface area (Å²) in [6, 6.07) is 0.261. The van der Waals surface area contributed by atoms with Crippen molar-refractivity contribution in [2.75, 3.05) is 0 Å². The quantitative estimate of drug-likeness (QED) is 0.862. The Morgan fingerprint density at radius 3 is 2.68 bits per heavy atom. The van der Waals surface area contributed by atoms with Gasteiger partial charge in [-0.3, -0.25) is 10.1 Å². The molecule has 1 saturated carbocycles. The van der Waals surface area contributed by atoms with Crippen LogP contribution < -0.4 is 5.32 Å². The van der Waals surface area contributed by atoms with Crippen molar-refractivity contribution >= 4 is 5.97 Å². The van der Waals surface area contributed by atoms with E-state index in [9.17, 15) is 9.90 Å². The summed E-state index contributed by atoms with van der Waals surface area (Å²) in [7, 11) is 0. The predicted octanol–water partition coefficient (Wildman–Crippen LogP) is 1.44. The number of nitrogens with zero attached hydrogens (tertiary/aromatic N) is 3. The minimum atomic E-state index is -0.828. The lowest BCUT2D eigenvalue weighted by Gasteiger charge is -2.28. The Labute approximate surface area is 113 Å². The van der Waals surface area contributed by atoms with Gasteiger partial charge in [0.15, 0.2) is 0 Å². The van der Waals surface area contributed by atoms with E-state index in [1.54, 1.807) is 0 Å². The highest BCUT2D eigenvalue weighted by Gasteiger charge is 2.46. The van der Waals surface area contributed by atoms with Crippen molar-refractivity contribution < 1.29 is 9.90 Å². The van der Waals surface area contributed by atoms with E-state index in [4.69, 9.17) is 0 Å². The summed E-state index contributed by atoms with van der Waals surface area (Å²) >= 11 is 0. The zero-order valence-corrected chi connectivity index (χ0v) is 12.0. The van der Waals surface area contributed by atoms with Gasteiger partial charge in [-0.05, 0) is 47.0 Å². The lowest BCUT2D eigenvalue weighted by atomic mass is 9.96. The van der Waals surface area contributed by atoms with Gasteiger partial charge in [0.2, 0.25) is 0 Å². The molecule has 1 aromatic heterocycles. The molecule has 19 heavy (non-hydrogen) atoms. The molecule has 6 nitrogen and oxygen atoms in total. The molecule has 0 aromatic carbocycles. The molecule has 0 aliphatic heterocycles. The Kier molecular flexibility index (Phi) is 3.62. The van der Waals surface area contributed by atoms with Gasteiger partial charge in [-0.25, -0.2) is 9.67 Å². The average molecular weight is 266 g/mol. The van der Waals surface area contributed by atoms with Crippen LogP contribution in [-0.2, 0) is 4.79 Å². The maximum absolute atomic E-state index is 11.6. The highest BCUT2D eigenvalue weighted by Crippen LogP contribution is 2.38. The number of carboxylic acid groups (broad SMARTS) is 1. The van der Waals surface area contributed by atoms with E-state index in [2.05, 4.69) is 15.4 Å². The second-order valence-corrected chi connectivity index (χ2v) is 5.73. The Morgan fingerprint density at radius 2 is 2.21 bits per heavy atom. The number of hydrogen-bond acceptors (Lipinski definition) is 4. The van der Waals surface area contributed by atoms with Crippen molar-refractivity contribution in [1.29, 1.82) is 0 Å². The van der Waals surface area contributed by atoms with Crippen LogP contribution in [0.25, 0.3) is 0 Å². The van der Waals surface area contributed by atoms with Crippen LogP contribution in [0.5, 0.6) is 0 Å². The summed E-state index contributed by atoms with van der Waals surface area (Å²) in [6.07, 6.45) is 2.00. The van der Waals surface area contributed by atoms with Gasteiger partial charge < -0.3 is 5.11 Å². The standard InChI is InChI=1S/C13H22N4O2/c1-8(2)15-13(12(18)19)6-5-11(7-13)17-10(4)14-9(3)16-17/h8,11,15H,5-7H2,1-4H3,(H,18,19). The second kappa shape index (κ2) is 4.92. The Hall–Kier alpha value is -1.43. The van der Waals surface area contributed by atoms with Crippen LogP contribution in [0, 0.1) is 13.8 Å². The number of aromatic nitrogens is 3. The molecule has 1 aromatic rings. The predicted molar refractivity (Wildman–Crippen MR) is 71.0 cm³/mol. The fourth-order valence-electron chi connectivity index (χ4n) is 3.05. The molecular formula is C13H22N4O2. The molecule has 6 heteroatoms. The molecule has 0 spiro atoms. The summed E-state index contributed by atoms with van der Waals surface area (Å²) < 4.78 is 1.88. The Morgan fingerprint density at radius 1 is 1.53 bits per heavy atom. The van der Waals surface area contributed by atoms with Crippen molar-refractivity contribution in [3.05, 3.63) is 11.6 Å². The third kappa shape index (κ3) is 2.63. The highest BCUT2D eigenvalue weighted by atomic mass is 16.4. The minimum absolute atomic E-state index is 0.114. The van der Waals surface area contributed by atoms with Gasteiger partial charge in [-0.2, -0.15) is 5.10 Å². The molecular weight excluding hydrogens is 244 g/mol. The van der Waals surface area contributed by atoms with Crippen LogP contribution in [0.3, 0.4) is 0 Å².